The van der Waals surface area contributed by atoms with Crippen LogP contribution in [0.2, 0.25) is 0 Å². The van der Waals surface area contributed by atoms with Crippen LogP contribution in [0.1, 0.15) is 15.9 Å². The Morgan fingerprint density at radius 2 is 1.78 bits per heavy atom. The van der Waals surface area contributed by atoms with Crippen molar-refractivity contribution in [2.75, 3.05) is 14.2 Å². The highest BCUT2D eigenvalue weighted by atomic mass is 16.5. The molecule has 4 nitrogen and oxygen atoms in total. The minimum Gasteiger partial charge on any atom is -0.493 e. The van der Waals surface area contributed by atoms with E-state index >= 15 is 0 Å². The van der Waals surface area contributed by atoms with Gasteiger partial charge in [0.05, 0.1) is 19.8 Å². The topological polar surface area (TPSA) is 55.8 Å². The minimum atomic E-state index is -0.960. The molecule has 2 aromatic carbocycles. The molecule has 18 heavy (non-hydrogen) atoms. The molecule has 0 aliphatic rings. The maximum absolute atomic E-state index is 11.0. The van der Waals surface area contributed by atoms with E-state index in [-0.39, 0.29) is 5.56 Å². The number of aromatic carboxylic acids is 1. The van der Waals surface area contributed by atoms with Crippen LogP contribution in [0.4, 0.5) is 0 Å². The molecule has 2 aromatic rings. The molecule has 0 aliphatic carbocycles. The first-order chi connectivity index (χ1) is 8.58. The fourth-order valence-electron chi connectivity index (χ4n) is 2.07. The molecule has 1 N–H and O–H groups in total. The van der Waals surface area contributed by atoms with E-state index < -0.39 is 5.97 Å². The molecule has 2 rings (SSSR count). The molecule has 0 amide bonds. The van der Waals surface area contributed by atoms with Crippen LogP contribution in [-0.2, 0) is 0 Å². The van der Waals surface area contributed by atoms with Crippen molar-refractivity contribution in [3.8, 4) is 11.5 Å². The smallest absolute Gasteiger partial charge is 0.335 e. The van der Waals surface area contributed by atoms with Gasteiger partial charge >= 0.3 is 5.97 Å². The summed E-state index contributed by atoms with van der Waals surface area (Å²) in [6, 6.07) is 6.89. The van der Waals surface area contributed by atoms with Crippen molar-refractivity contribution in [1.29, 1.82) is 0 Å². The lowest BCUT2D eigenvalue weighted by Gasteiger charge is -2.14. The first-order valence-electron chi connectivity index (χ1n) is 5.47. The highest BCUT2D eigenvalue weighted by Gasteiger charge is 2.14. The molecule has 0 radical (unpaired) electrons. The molecule has 0 spiro atoms. The highest BCUT2D eigenvalue weighted by Crippen LogP contribution is 2.38. The van der Waals surface area contributed by atoms with Gasteiger partial charge in [0.2, 0.25) is 0 Å². The number of carbonyl (C=O) groups is 1. The lowest BCUT2D eigenvalue weighted by molar-refractivity contribution is 0.0697. The maximum atomic E-state index is 11.0. The van der Waals surface area contributed by atoms with Crippen LogP contribution in [0.25, 0.3) is 10.8 Å². The van der Waals surface area contributed by atoms with E-state index in [1.807, 2.05) is 13.0 Å². The lowest BCUT2D eigenvalue weighted by Crippen LogP contribution is -1.98. The number of benzene rings is 2. The van der Waals surface area contributed by atoms with Crippen LogP contribution in [0.3, 0.4) is 0 Å². The summed E-state index contributed by atoms with van der Waals surface area (Å²) in [7, 11) is 3.11. The third-order valence-corrected chi connectivity index (χ3v) is 2.89. The van der Waals surface area contributed by atoms with Crippen molar-refractivity contribution in [1.82, 2.24) is 0 Å². The number of aryl methyl sites for hydroxylation is 1. The molecule has 0 aromatic heterocycles. The van der Waals surface area contributed by atoms with Gasteiger partial charge in [-0.1, -0.05) is 6.07 Å². The van der Waals surface area contributed by atoms with Crippen LogP contribution in [0.5, 0.6) is 11.5 Å². The van der Waals surface area contributed by atoms with E-state index in [0.717, 1.165) is 16.3 Å². The third-order valence-electron chi connectivity index (χ3n) is 2.89. The van der Waals surface area contributed by atoms with E-state index in [4.69, 9.17) is 14.6 Å². The summed E-state index contributed by atoms with van der Waals surface area (Å²) in [6.07, 6.45) is 0. The summed E-state index contributed by atoms with van der Waals surface area (Å²) >= 11 is 0. The van der Waals surface area contributed by atoms with Crippen molar-refractivity contribution in [3.63, 3.8) is 0 Å². The zero-order chi connectivity index (χ0) is 13.3. The predicted octanol–water partition coefficient (Wildman–Crippen LogP) is 2.86. The van der Waals surface area contributed by atoms with Gasteiger partial charge in [-0.2, -0.15) is 0 Å². The van der Waals surface area contributed by atoms with Crippen molar-refractivity contribution < 1.29 is 19.4 Å². The largest absolute Gasteiger partial charge is 0.493 e. The summed E-state index contributed by atoms with van der Waals surface area (Å²) in [5, 5.41) is 10.7. The number of carboxylic acids is 1. The second kappa shape index (κ2) is 4.56. The molecule has 0 bridgehead atoms. The van der Waals surface area contributed by atoms with Gasteiger partial charge < -0.3 is 14.6 Å². The standard InChI is InChI=1S/C14H14O4/c1-8-6-9-4-5-10(14(15)16)7-11(9)13(18-3)12(8)17-2/h4-7H,1-3H3,(H,15,16). The molecule has 0 saturated carbocycles. The number of hydrogen-bond acceptors (Lipinski definition) is 3. The van der Waals surface area contributed by atoms with Gasteiger partial charge in [-0.15, -0.1) is 0 Å². The van der Waals surface area contributed by atoms with Crippen LogP contribution < -0.4 is 9.47 Å². The maximum Gasteiger partial charge on any atom is 0.335 e. The quantitative estimate of drug-likeness (QED) is 0.904. The Balaban J connectivity index is 2.82. The summed E-state index contributed by atoms with van der Waals surface area (Å²) in [6.45, 7) is 1.92. The van der Waals surface area contributed by atoms with Gasteiger partial charge in [0, 0.05) is 5.39 Å². The molecule has 0 fully saturated rings. The minimum absolute atomic E-state index is 0.228. The Morgan fingerprint density at radius 3 is 2.33 bits per heavy atom. The normalized spacial score (nSPS) is 10.4. The van der Waals surface area contributed by atoms with Crippen LogP contribution in [0.15, 0.2) is 24.3 Å². The van der Waals surface area contributed by atoms with Crippen LogP contribution in [-0.4, -0.2) is 25.3 Å². The molecule has 0 heterocycles. The van der Waals surface area contributed by atoms with Crippen molar-refractivity contribution >= 4 is 16.7 Å². The summed E-state index contributed by atoms with van der Waals surface area (Å²) < 4.78 is 10.7. The van der Waals surface area contributed by atoms with Gasteiger partial charge in [-0.05, 0) is 36.1 Å². The molecule has 0 atom stereocenters. The first kappa shape index (κ1) is 12.2. The molecular weight excluding hydrogens is 232 g/mol. The van der Waals surface area contributed by atoms with Gasteiger partial charge in [0.25, 0.3) is 0 Å². The lowest BCUT2D eigenvalue weighted by atomic mass is 10.0. The van der Waals surface area contributed by atoms with Crippen molar-refractivity contribution in [3.05, 3.63) is 35.4 Å². The van der Waals surface area contributed by atoms with Gasteiger partial charge in [0.15, 0.2) is 11.5 Å². The monoisotopic (exact) mass is 246 g/mol. The second-order valence-electron chi connectivity index (χ2n) is 4.00. The summed E-state index contributed by atoms with van der Waals surface area (Å²) in [5.74, 6) is 0.238. The average molecular weight is 246 g/mol. The van der Waals surface area contributed by atoms with Crippen LogP contribution in [0, 0.1) is 6.92 Å². The SMILES string of the molecule is COc1c(C)cc2ccc(C(=O)O)cc2c1OC. The number of carboxylic acid groups (broad SMARTS) is 1. The number of fused-ring (bicyclic) bond motifs is 1. The number of rotatable bonds is 3. The van der Waals surface area contributed by atoms with Crippen LogP contribution >= 0.6 is 0 Å². The Bertz CT molecular complexity index is 617. The van der Waals surface area contributed by atoms with E-state index in [1.54, 1.807) is 32.4 Å². The predicted molar refractivity (Wildman–Crippen MR) is 68.7 cm³/mol. The van der Waals surface area contributed by atoms with Gasteiger partial charge in [-0.25, -0.2) is 4.79 Å². The van der Waals surface area contributed by atoms with Crippen molar-refractivity contribution in [2.45, 2.75) is 6.92 Å². The fourth-order valence-corrected chi connectivity index (χ4v) is 2.07. The Kier molecular flexibility index (Phi) is 3.10. The van der Waals surface area contributed by atoms with E-state index in [2.05, 4.69) is 0 Å². The first-order valence-corrected chi connectivity index (χ1v) is 5.47. The third kappa shape index (κ3) is 1.86. The van der Waals surface area contributed by atoms with Gasteiger partial charge in [-0.3, -0.25) is 0 Å². The fraction of sp³-hybridized carbons (Fsp3) is 0.214. The second-order valence-corrected chi connectivity index (χ2v) is 4.00. The Morgan fingerprint density at radius 1 is 1.11 bits per heavy atom. The zero-order valence-corrected chi connectivity index (χ0v) is 10.5. The van der Waals surface area contributed by atoms with E-state index in [9.17, 15) is 4.79 Å². The molecule has 0 unspecified atom stereocenters. The highest BCUT2D eigenvalue weighted by molar-refractivity contribution is 5.98. The van der Waals surface area contributed by atoms with Crippen molar-refractivity contribution in [2.24, 2.45) is 0 Å². The number of methoxy groups -OCH3 is 2. The molecular formula is C14H14O4. The van der Waals surface area contributed by atoms with E-state index in [0.29, 0.717) is 11.5 Å². The molecule has 94 valence electrons. The zero-order valence-electron chi connectivity index (χ0n) is 10.5. The summed E-state index contributed by atoms with van der Waals surface area (Å²) in [5.41, 5.74) is 1.18. The van der Waals surface area contributed by atoms with Gasteiger partial charge in [0.1, 0.15) is 0 Å². The van der Waals surface area contributed by atoms with E-state index in [1.165, 1.54) is 0 Å². The Hall–Kier alpha value is -2.23. The molecule has 4 heteroatoms. The summed E-state index contributed by atoms with van der Waals surface area (Å²) in [4.78, 5) is 11.0. The molecule has 0 saturated heterocycles. The molecule has 0 aliphatic heterocycles. The Labute approximate surface area is 105 Å². The number of ether oxygens (including phenoxy) is 2. The number of hydrogen-bond donors (Lipinski definition) is 1. The average Bonchev–Trinajstić information content (AvgIpc) is 2.36.